The Morgan fingerprint density at radius 2 is 0.246 bits per heavy atom. The molecule has 0 aliphatic rings. The molecule has 0 aromatic heterocycles. The van der Waals surface area contributed by atoms with Gasteiger partial charge in [-0.1, -0.05) is 187 Å². The summed E-state index contributed by atoms with van der Waals surface area (Å²) in [6.07, 6.45) is 40.1. The smallest absolute Gasteiger partial charge is 0.0701 e. The summed E-state index contributed by atoms with van der Waals surface area (Å²) in [6.45, 7) is 16.5. The van der Waals surface area contributed by atoms with Crippen molar-refractivity contribution in [3.05, 3.63) is 0 Å². The highest BCUT2D eigenvalue weighted by Gasteiger charge is 1.99. The first-order valence-electron chi connectivity index (χ1n) is 26.2. The SMILES string of the molecule is CCCCCCCCCCCCCCCCCCOCCOCCOCCOCCOCCOCCOCCOCCOCCOCCCCCCCCCCCCCCC. The highest BCUT2D eigenvalue weighted by molar-refractivity contribution is 4.51. The fourth-order valence-corrected chi connectivity index (χ4v) is 7.06. The van der Waals surface area contributed by atoms with E-state index in [4.69, 9.17) is 47.4 Å². The molecule has 0 bridgehead atoms. The second kappa shape index (κ2) is 59.6. The van der Waals surface area contributed by atoms with Crippen LogP contribution >= 0.6 is 0 Å². The largest absolute Gasteiger partial charge is 0.379 e. The Kier molecular flexibility index (Phi) is 59.2. The quantitative estimate of drug-likeness (QED) is 0.0550. The molecule has 0 aromatic rings. The third kappa shape index (κ3) is 59.6. The van der Waals surface area contributed by atoms with Crippen LogP contribution in [0.25, 0.3) is 0 Å². The molecule has 0 spiro atoms. The first kappa shape index (κ1) is 60.6. The molecule has 0 aliphatic heterocycles. The van der Waals surface area contributed by atoms with Crippen LogP contribution in [0.4, 0.5) is 0 Å². The number of unbranched alkanes of at least 4 members (excludes halogenated alkanes) is 27. The number of rotatable bonds is 58. The summed E-state index contributed by atoms with van der Waals surface area (Å²) in [4.78, 5) is 0. The van der Waals surface area contributed by atoms with Gasteiger partial charge in [0.1, 0.15) is 0 Å². The molecule has 0 rings (SSSR count). The molecule has 0 saturated carbocycles. The zero-order chi connectivity index (χ0) is 43.7. The third-order valence-electron chi connectivity index (χ3n) is 10.9. The van der Waals surface area contributed by atoms with Crippen LogP contribution in [0.3, 0.4) is 0 Å². The maximum Gasteiger partial charge on any atom is 0.0701 e. The summed E-state index contributed by atoms with van der Waals surface area (Å²) in [5.41, 5.74) is 0. The van der Waals surface area contributed by atoms with E-state index in [0.717, 1.165) is 26.1 Å². The van der Waals surface area contributed by atoms with Crippen molar-refractivity contribution in [2.24, 2.45) is 0 Å². The standard InChI is InChI=1S/C51H104O10/c1-3-5-7-9-11-13-15-17-18-19-21-23-25-27-29-31-33-53-35-37-55-39-41-57-43-45-59-47-49-61-51-50-60-48-46-58-44-42-56-40-38-54-36-34-52-32-30-28-26-24-22-20-16-14-12-10-8-6-4-2/h3-51H2,1-2H3. The zero-order valence-corrected chi connectivity index (χ0v) is 40.7. The Hall–Kier alpha value is -0.400. The predicted octanol–water partition coefficient (Wildman–Crippen LogP) is 12.5. The molecule has 0 amide bonds. The first-order chi connectivity index (χ1) is 30.4. The van der Waals surface area contributed by atoms with Crippen molar-refractivity contribution < 1.29 is 47.4 Å². The average molecular weight is 877 g/mol. The molecule has 0 aliphatic carbocycles. The Bertz CT molecular complexity index is 675. The fourth-order valence-electron chi connectivity index (χ4n) is 7.06. The lowest BCUT2D eigenvalue weighted by Gasteiger charge is -2.09. The summed E-state index contributed by atoms with van der Waals surface area (Å²) in [7, 11) is 0. The maximum absolute atomic E-state index is 5.71. The van der Waals surface area contributed by atoms with E-state index in [1.54, 1.807) is 0 Å². The summed E-state index contributed by atoms with van der Waals surface area (Å²) < 4.78 is 55.9. The molecular weight excluding hydrogens is 773 g/mol. The highest BCUT2D eigenvalue weighted by atomic mass is 16.6. The lowest BCUT2D eigenvalue weighted by molar-refractivity contribution is -0.0264. The molecule has 0 fully saturated rings. The first-order valence-corrected chi connectivity index (χ1v) is 26.2. The molecule has 0 unspecified atom stereocenters. The summed E-state index contributed by atoms with van der Waals surface area (Å²) in [6, 6.07) is 0. The molecule has 10 nitrogen and oxygen atoms in total. The van der Waals surface area contributed by atoms with Gasteiger partial charge in [0.25, 0.3) is 0 Å². The van der Waals surface area contributed by atoms with Crippen LogP contribution in [-0.2, 0) is 47.4 Å². The average Bonchev–Trinajstić information content (AvgIpc) is 3.27. The van der Waals surface area contributed by atoms with Gasteiger partial charge in [0.15, 0.2) is 0 Å². The zero-order valence-electron chi connectivity index (χ0n) is 40.7. The van der Waals surface area contributed by atoms with Gasteiger partial charge in [0, 0.05) is 13.2 Å². The predicted molar refractivity (Wildman–Crippen MR) is 253 cm³/mol. The lowest BCUT2D eigenvalue weighted by atomic mass is 10.0. The van der Waals surface area contributed by atoms with Crippen LogP contribution in [0, 0.1) is 0 Å². The molecule has 61 heavy (non-hydrogen) atoms. The summed E-state index contributed by atoms with van der Waals surface area (Å²) in [5.74, 6) is 0. The topological polar surface area (TPSA) is 92.3 Å². The van der Waals surface area contributed by atoms with Gasteiger partial charge in [-0.05, 0) is 12.8 Å². The maximum atomic E-state index is 5.71. The second-order valence-electron chi connectivity index (χ2n) is 16.7. The Labute approximate surface area is 378 Å². The monoisotopic (exact) mass is 877 g/mol. The Morgan fingerprint density at radius 3 is 0.393 bits per heavy atom. The Balaban J connectivity index is 3.06. The molecule has 0 N–H and O–H groups in total. The van der Waals surface area contributed by atoms with Crippen LogP contribution in [0.15, 0.2) is 0 Å². The van der Waals surface area contributed by atoms with Crippen molar-refractivity contribution in [1.82, 2.24) is 0 Å². The van der Waals surface area contributed by atoms with Gasteiger partial charge < -0.3 is 47.4 Å². The van der Waals surface area contributed by atoms with Crippen molar-refractivity contribution in [3.63, 3.8) is 0 Å². The normalized spacial score (nSPS) is 11.7. The third-order valence-corrected chi connectivity index (χ3v) is 10.9. The van der Waals surface area contributed by atoms with E-state index in [1.165, 1.54) is 173 Å². The molecule has 368 valence electrons. The van der Waals surface area contributed by atoms with E-state index >= 15 is 0 Å². The van der Waals surface area contributed by atoms with E-state index in [0.29, 0.717) is 119 Å². The van der Waals surface area contributed by atoms with Crippen molar-refractivity contribution in [2.45, 2.75) is 200 Å². The summed E-state index contributed by atoms with van der Waals surface area (Å²) in [5, 5.41) is 0. The van der Waals surface area contributed by atoms with Crippen molar-refractivity contribution in [2.75, 3.05) is 132 Å². The minimum Gasteiger partial charge on any atom is -0.379 e. The van der Waals surface area contributed by atoms with Crippen LogP contribution in [0.2, 0.25) is 0 Å². The molecule has 0 heterocycles. The minimum atomic E-state index is 0.536. The van der Waals surface area contributed by atoms with Crippen molar-refractivity contribution >= 4 is 0 Å². The molecule has 0 atom stereocenters. The van der Waals surface area contributed by atoms with Gasteiger partial charge in [0.05, 0.1) is 119 Å². The van der Waals surface area contributed by atoms with E-state index in [-0.39, 0.29) is 0 Å². The number of hydrogen-bond acceptors (Lipinski definition) is 10. The molecule has 10 heteroatoms. The van der Waals surface area contributed by atoms with E-state index in [1.807, 2.05) is 0 Å². The Morgan fingerprint density at radius 1 is 0.131 bits per heavy atom. The van der Waals surface area contributed by atoms with Gasteiger partial charge in [0.2, 0.25) is 0 Å². The van der Waals surface area contributed by atoms with Crippen LogP contribution in [0.1, 0.15) is 200 Å². The van der Waals surface area contributed by atoms with E-state index in [2.05, 4.69) is 13.8 Å². The van der Waals surface area contributed by atoms with Crippen LogP contribution in [-0.4, -0.2) is 132 Å². The molecular formula is C51H104O10. The van der Waals surface area contributed by atoms with Gasteiger partial charge in [-0.2, -0.15) is 0 Å². The molecule has 0 saturated heterocycles. The van der Waals surface area contributed by atoms with Gasteiger partial charge in [-0.3, -0.25) is 0 Å². The summed E-state index contributed by atoms with van der Waals surface area (Å²) >= 11 is 0. The fraction of sp³-hybridized carbons (Fsp3) is 1.00. The molecule has 0 aromatic carbocycles. The van der Waals surface area contributed by atoms with Gasteiger partial charge in [-0.25, -0.2) is 0 Å². The number of hydrogen-bond donors (Lipinski definition) is 0. The van der Waals surface area contributed by atoms with Gasteiger partial charge in [-0.15, -0.1) is 0 Å². The van der Waals surface area contributed by atoms with Crippen molar-refractivity contribution in [1.29, 1.82) is 0 Å². The van der Waals surface area contributed by atoms with E-state index < -0.39 is 0 Å². The highest BCUT2D eigenvalue weighted by Crippen LogP contribution is 2.14. The van der Waals surface area contributed by atoms with Crippen molar-refractivity contribution in [3.8, 4) is 0 Å². The molecule has 0 radical (unpaired) electrons. The second-order valence-corrected chi connectivity index (χ2v) is 16.7. The minimum absolute atomic E-state index is 0.536. The number of ether oxygens (including phenoxy) is 10. The van der Waals surface area contributed by atoms with Crippen LogP contribution in [0.5, 0.6) is 0 Å². The van der Waals surface area contributed by atoms with Gasteiger partial charge >= 0.3 is 0 Å². The van der Waals surface area contributed by atoms with E-state index in [9.17, 15) is 0 Å². The lowest BCUT2D eigenvalue weighted by Crippen LogP contribution is -2.15. The van der Waals surface area contributed by atoms with Crippen LogP contribution < -0.4 is 0 Å².